The van der Waals surface area contributed by atoms with Crippen LogP contribution in [0.1, 0.15) is 44.1 Å². The van der Waals surface area contributed by atoms with Crippen LogP contribution in [0.4, 0.5) is 0 Å². The van der Waals surface area contributed by atoms with E-state index in [1.54, 1.807) is 0 Å². The van der Waals surface area contributed by atoms with Crippen LogP contribution in [0, 0.1) is 17.8 Å². The fourth-order valence-electron chi connectivity index (χ4n) is 5.53. The van der Waals surface area contributed by atoms with Gasteiger partial charge in [0.15, 0.2) is 0 Å². The van der Waals surface area contributed by atoms with Gasteiger partial charge in [0.2, 0.25) is 0 Å². The Labute approximate surface area is 128 Å². The van der Waals surface area contributed by atoms with Crippen molar-refractivity contribution in [2.45, 2.75) is 43.9 Å². The minimum Gasteiger partial charge on any atom is -0.423 e. The van der Waals surface area contributed by atoms with Crippen molar-refractivity contribution in [3.8, 4) is 0 Å². The van der Waals surface area contributed by atoms with E-state index < -0.39 is 7.12 Å². The van der Waals surface area contributed by atoms with Crippen LogP contribution in [0.15, 0.2) is 22.7 Å². The van der Waals surface area contributed by atoms with E-state index in [1.165, 1.54) is 44.1 Å². The molecule has 1 aromatic rings. The highest BCUT2D eigenvalue weighted by Gasteiger charge is 2.51. The molecule has 20 heavy (non-hydrogen) atoms. The minimum atomic E-state index is -1.39. The monoisotopic (exact) mass is 334 g/mol. The summed E-state index contributed by atoms with van der Waals surface area (Å²) in [6, 6.07) is 6.15. The van der Waals surface area contributed by atoms with Crippen molar-refractivity contribution in [1.82, 2.24) is 0 Å². The second-order valence-corrected chi connectivity index (χ2v) is 8.16. The van der Waals surface area contributed by atoms with Crippen LogP contribution in [-0.4, -0.2) is 17.2 Å². The smallest absolute Gasteiger partial charge is 0.423 e. The summed E-state index contributed by atoms with van der Waals surface area (Å²) in [5, 5.41) is 18.7. The molecule has 4 bridgehead atoms. The summed E-state index contributed by atoms with van der Waals surface area (Å²) in [5.74, 6) is 2.80. The van der Waals surface area contributed by atoms with Crippen molar-refractivity contribution < 1.29 is 10.0 Å². The molecule has 0 unspecified atom stereocenters. The summed E-state index contributed by atoms with van der Waals surface area (Å²) in [6.45, 7) is 0. The van der Waals surface area contributed by atoms with Crippen LogP contribution in [0.5, 0.6) is 0 Å². The summed E-state index contributed by atoms with van der Waals surface area (Å²) in [7, 11) is -1.39. The predicted octanol–water partition coefficient (Wildman–Crippen LogP) is 2.60. The van der Waals surface area contributed by atoms with Gasteiger partial charge in [-0.2, -0.15) is 0 Å². The molecule has 0 aromatic heterocycles. The highest BCUT2D eigenvalue weighted by Crippen LogP contribution is 2.60. The zero-order valence-corrected chi connectivity index (χ0v) is 13.1. The molecule has 0 saturated heterocycles. The molecule has 4 aliphatic carbocycles. The summed E-state index contributed by atoms with van der Waals surface area (Å²) in [4.78, 5) is 0. The first-order chi connectivity index (χ1) is 9.56. The van der Waals surface area contributed by atoms with Crippen LogP contribution in [0.25, 0.3) is 0 Å². The van der Waals surface area contributed by atoms with Crippen LogP contribution in [-0.2, 0) is 5.41 Å². The molecule has 0 amide bonds. The zero-order chi connectivity index (χ0) is 13.9. The Bertz CT molecular complexity index is 508. The van der Waals surface area contributed by atoms with Gasteiger partial charge in [0, 0.05) is 4.47 Å². The Morgan fingerprint density at radius 3 is 2.00 bits per heavy atom. The normalized spacial score (nSPS) is 38.2. The lowest BCUT2D eigenvalue weighted by Crippen LogP contribution is -2.48. The molecule has 0 aliphatic heterocycles. The summed E-state index contributed by atoms with van der Waals surface area (Å²) >= 11 is 3.51. The summed E-state index contributed by atoms with van der Waals surface area (Å²) in [5.41, 5.74) is 2.35. The molecule has 0 atom stereocenters. The van der Waals surface area contributed by atoms with Gasteiger partial charge in [0.05, 0.1) is 0 Å². The maximum absolute atomic E-state index is 9.36. The molecular weight excluding hydrogens is 315 g/mol. The Balaban J connectivity index is 1.72. The average molecular weight is 335 g/mol. The summed E-state index contributed by atoms with van der Waals surface area (Å²) in [6.07, 6.45) is 8.38. The lowest BCUT2D eigenvalue weighted by Gasteiger charge is -2.57. The first-order valence-electron chi connectivity index (χ1n) is 7.72. The number of halogens is 1. The molecule has 1 aromatic carbocycles. The van der Waals surface area contributed by atoms with Crippen molar-refractivity contribution in [1.29, 1.82) is 0 Å². The molecule has 4 aliphatic rings. The second-order valence-electron chi connectivity index (χ2n) is 7.31. The van der Waals surface area contributed by atoms with E-state index in [0.717, 1.165) is 22.2 Å². The lowest BCUT2D eigenvalue weighted by atomic mass is 9.48. The Morgan fingerprint density at radius 1 is 1.00 bits per heavy atom. The molecule has 106 valence electrons. The van der Waals surface area contributed by atoms with Gasteiger partial charge in [0.1, 0.15) is 0 Å². The van der Waals surface area contributed by atoms with Gasteiger partial charge in [-0.15, -0.1) is 0 Å². The molecular formula is C16H20BBrO2. The molecule has 0 spiro atoms. The van der Waals surface area contributed by atoms with Gasteiger partial charge < -0.3 is 10.0 Å². The molecule has 4 saturated carbocycles. The highest BCUT2D eigenvalue weighted by atomic mass is 79.9. The molecule has 4 heteroatoms. The molecule has 5 rings (SSSR count). The third-order valence-corrected chi connectivity index (χ3v) is 6.62. The van der Waals surface area contributed by atoms with Gasteiger partial charge in [-0.25, -0.2) is 0 Å². The second kappa shape index (κ2) is 4.59. The van der Waals surface area contributed by atoms with Gasteiger partial charge in [-0.3, -0.25) is 0 Å². The third kappa shape index (κ3) is 1.99. The van der Waals surface area contributed by atoms with Crippen molar-refractivity contribution in [2.24, 2.45) is 17.8 Å². The van der Waals surface area contributed by atoms with E-state index in [0.29, 0.717) is 10.9 Å². The SMILES string of the molecule is OB(O)c1ccc(C23CC4CC(CC(C4)C2)C3)cc1Br. The van der Waals surface area contributed by atoms with Crippen molar-refractivity contribution in [2.75, 3.05) is 0 Å². The Kier molecular flexibility index (Phi) is 3.06. The number of rotatable bonds is 2. The van der Waals surface area contributed by atoms with Crippen molar-refractivity contribution >= 4 is 28.5 Å². The predicted molar refractivity (Wildman–Crippen MR) is 83.8 cm³/mol. The van der Waals surface area contributed by atoms with E-state index in [2.05, 4.69) is 28.1 Å². The van der Waals surface area contributed by atoms with Crippen LogP contribution >= 0.6 is 15.9 Å². The maximum Gasteiger partial charge on any atom is 0.489 e. The average Bonchev–Trinajstić information content (AvgIpc) is 2.36. The molecule has 2 N–H and O–H groups in total. The fraction of sp³-hybridized carbons (Fsp3) is 0.625. The molecule has 0 radical (unpaired) electrons. The van der Waals surface area contributed by atoms with E-state index in [4.69, 9.17) is 0 Å². The molecule has 4 fully saturated rings. The van der Waals surface area contributed by atoms with Crippen LogP contribution in [0.2, 0.25) is 0 Å². The quantitative estimate of drug-likeness (QED) is 0.816. The fourth-order valence-corrected chi connectivity index (χ4v) is 6.11. The standard InChI is InChI=1S/C16H20BBrO2/c18-15-6-13(1-2-14(15)17(19)20)16-7-10-3-11(8-16)5-12(4-10)9-16/h1-2,6,10-12,19-20H,3-5,7-9H2. The maximum atomic E-state index is 9.36. The zero-order valence-electron chi connectivity index (χ0n) is 11.6. The largest absolute Gasteiger partial charge is 0.489 e. The number of benzene rings is 1. The van der Waals surface area contributed by atoms with E-state index in [1.807, 2.05) is 6.07 Å². The molecule has 2 nitrogen and oxygen atoms in total. The first-order valence-corrected chi connectivity index (χ1v) is 8.51. The van der Waals surface area contributed by atoms with Crippen molar-refractivity contribution in [3.05, 3.63) is 28.2 Å². The molecule has 0 heterocycles. The lowest BCUT2D eigenvalue weighted by molar-refractivity contribution is -0.00520. The van der Waals surface area contributed by atoms with Crippen LogP contribution < -0.4 is 5.46 Å². The van der Waals surface area contributed by atoms with Gasteiger partial charge >= 0.3 is 7.12 Å². The van der Waals surface area contributed by atoms with Gasteiger partial charge in [-0.05, 0) is 78.8 Å². The number of hydrogen-bond acceptors (Lipinski definition) is 2. The van der Waals surface area contributed by atoms with E-state index in [-0.39, 0.29) is 0 Å². The van der Waals surface area contributed by atoms with E-state index in [9.17, 15) is 10.0 Å². The first kappa shape index (κ1) is 13.4. The Hall–Kier alpha value is -0.315. The topological polar surface area (TPSA) is 40.5 Å². The van der Waals surface area contributed by atoms with E-state index >= 15 is 0 Å². The third-order valence-electron chi connectivity index (χ3n) is 5.93. The minimum absolute atomic E-state index is 0.371. The van der Waals surface area contributed by atoms with Crippen molar-refractivity contribution in [3.63, 3.8) is 0 Å². The summed E-state index contributed by atoms with van der Waals surface area (Å²) < 4.78 is 0.834. The van der Waals surface area contributed by atoms with Gasteiger partial charge in [-0.1, -0.05) is 28.1 Å². The van der Waals surface area contributed by atoms with Gasteiger partial charge in [0.25, 0.3) is 0 Å². The Morgan fingerprint density at radius 2 is 1.55 bits per heavy atom. The number of hydrogen-bond donors (Lipinski definition) is 2. The highest BCUT2D eigenvalue weighted by molar-refractivity contribution is 9.10. The van der Waals surface area contributed by atoms with Crippen LogP contribution in [0.3, 0.4) is 0 Å².